The molecule has 7 heteroatoms. The van der Waals surface area contributed by atoms with Gasteiger partial charge >= 0.3 is 6.47 Å². The van der Waals surface area contributed by atoms with Crippen LogP contribution in [0.15, 0.2) is 48.5 Å². The maximum atomic E-state index is 10.5. The molecule has 4 rings (SSSR count). The van der Waals surface area contributed by atoms with Crippen molar-refractivity contribution in [1.82, 2.24) is 14.9 Å². The first kappa shape index (κ1) is 18.9. The summed E-state index contributed by atoms with van der Waals surface area (Å²) in [5, 5.41) is 2.33. The van der Waals surface area contributed by atoms with Crippen LogP contribution < -0.4 is 4.74 Å². The Hall–Kier alpha value is -2.48. The quantitative estimate of drug-likeness (QED) is 0.442. The molecule has 0 atom stereocenters. The van der Waals surface area contributed by atoms with Gasteiger partial charge in [-0.25, -0.2) is 4.98 Å². The number of hydroxylamine groups is 2. The van der Waals surface area contributed by atoms with Crippen molar-refractivity contribution in [2.24, 2.45) is 0 Å². The number of para-hydroxylation sites is 1. The molecule has 0 amide bonds. The lowest BCUT2D eigenvalue weighted by atomic mass is 10.0. The first-order valence-electron chi connectivity index (χ1n) is 9.39. The molecule has 28 heavy (non-hydrogen) atoms. The summed E-state index contributed by atoms with van der Waals surface area (Å²) >= 11 is 1.55. The van der Waals surface area contributed by atoms with Crippen LogP contribution in [0.25, 0.3) is 10.2 Å². The van der Waals surface area contributed by atoms with Crippen LogP contribution in [0.1, 0.15) is 18.4 Å². The number of fused-ring (bicyclic) bond motifs is 1. The van der Waals surface area contributed by atoms with Crippen LogP contribution in [-0.4, -0.2) is 47.6 Å². The molecule has 0 bridgehead atoms. The molecule has 6 nitrogen and oxygen atoms in total. The van der Waals surface area contributed by atoms with Gasteiger partial charge in [-0.15, -0.1) is 5.06 Å². The molecule has 0 unspecified atom stereocenters. The van der Waals surface area contributed by atoms with Gasteiger partial charge in [-0.2, -0.15) is 0 Å². The average Bonchev–Trinajstić information content (AvgIpc) is 3.12. The molecule has 1 aliphatic rings. The van der Waals surface area contributed by atoms with Gasteiger partial charge in [-0.05, 0) is 42.7 Å². The minimum absolute atomic E-state index is 0.297. The van der Waals surface area contributed by atoms with E-state index in [1.165, 1.54) is 5.56 Å². The van der Waals surface area contributed by atoms with Gasteiger partial charge in [0.25, 0.3) is 5.19 Å². The molecule has 1 aromatic heterocycles. The number of likely N-dealkylation sites (tertiary alicyclic amines) is 1. The highest BCUT2D eigenvalue weighted by Gasteiger charge is 2.23. The van der Waals surface area contributed by atoms with E-state index in [-0.39, 0.29) is 0 Å². The van der Waals surface area contributed by atoms with E-state index in [9.17, 15) is 4.79 Å². The molecule has 1 aliphatic heterocycles. The minimum Gasteiger partial charge on any atom is -0.431 e. The number of hydrogen-bond acceptors (Lipinski definition) is 7. The zero-order valence-electron chi connectivity index (χ0n) is 15.8. The topological polar surface area (TPSA) is 54.9 Å². The fourth-order valence-corrected chi connectivity index (χ4v) is 4.35. The molecular weight excluding hydrogens is 374 g/mol. The molecular formula is C21H23N3O3S. The lowest BCUT2D eigenvalue weighted by Crippen LogP contribution is -2.42. The zero-order valence-corrected chi connectivity index (χ0v) is 16.6. The van der Waals surface area contributed by atoms with E-state index in [4.69, 9.17) is 9.57 Å². The summed E-state index contributed by atoms with van der Waals surface area (Å²) in [7, 11) is 1.82. The summed E-state index contributed by atoms with van der Waals surface area (Å²) in [6.45, 7) is 3.37. The number of rotatable bonds is 7. The van der Waals surface area contributed by atoms with Crippen LogP contribution in [-0.2, 0) is 16.2 Å². The Balaban J connectivity index is 1.31. The summed E-state index contributed by atoms with van der Waals surface area (Å²) in [6, 6.07) is 16.5. The number of benzene rings is 2. The number of hydrogen-bond donors (Lipinski definition) is 0. The van der Waals surface area contributed by atoms with Gasteiger partial charge in [-0.1, -0.05) is 35.6 Å². The Bertz CT molecular complexity index is 887. The number of nitrogens with zero attached hydrogens (tertiary/aromatic N) is 3. The second-order valence-electron chi connectivity index (χ2n) is 6.95. The maximum absolute atomic E-state index is 10.5. The van der Waals surface area contributed by atoms with E-state index in [2.05, 4.69) is 28.1 Å². The fourth-order valence-electron chi connectivity index (χ4n) is 3.51. The van der Waals surface area contributed by atoms with Gasteiger partial charge in [0.05, 0.1) is 10.2 Å². The minimum atomic E-state index is 0.297. The van der Waals surface area contributed by atoms with E-state index in [1.54, 1.807) is 16.4 Å². The summed E-state index contributed by atoms with van der Waals surface area (Å²) in [5.74, 6) is 0.800. The van der Waals surface area contributed by atoms with Crippen molar-refractivity contribution < 1.29 is 14.4 Å². The zero-order chi connectivity index (χ0) is 19.3. The molecule has 0 aliphatic carbocycles. The van der Waals surface area contributed by atoms with Gasteiger partial charge < -0.3 is 9.57 Å². The smallest absolute Gasteiger partial charge is 0.312 e. The second kappa shape index (κ2) is 8.68. The summed E-state index contributed by atoms with van der Waals surface area (Å²) < 4.78 is 7.04. The van der Waals surface area contributed by atoms with Crippen molar-refractivity contribution in [2.75, 3.05) is 20.1 Å². The number of aromatic nitrogens is 1. The van der Waals surface area contributed by atoms with Crippen LogP contribution >= 0.6 is 11.3 Å². The van der Waals surface area contributed by atoms with Crippen LogP contribution in [0.2, 0.25) is 0 Å². The third kappa shape index (κ3) is 4.49. The Morgan fingerprint density at radius 3 is 2.64 bits per heavy atom. The van der Waals surface area contributed by atoms with E-state index in [0.717, 1.165) is 48.4 Å². The number of piperidine rings is 1. The monoisotopic (exact) mass is 397 g/mol. The molecule has 1 fully saturated rings. The van der Waals surface area contributed by atoms with Gasteiger partial charge in [0.2, 0.25) is 0 Å². The first-order chi connectivity index (χ1) is 13.7. The van der Waals surface area contributed by atoms with Crippen molar-refractivity contribution in [3.8, 4) is 10.9 Å². The highest BCUT2D eigenvalue weighted by Crippen LogP contribution is 2.31. The molecule has 0 spiro atoms. The number of thiazole rings is 1. The predicted octanol–water partition coefficient (Wildman–Crippen LogP) is 4.07. The van der Waals surface area contributed by atoms with Crippen molar-refractivity contribution in [2.45, 2.75) is 25.4 Å². The van der Waals surface area contributed by atoms with Crippen molar-refractivity contribution in [1.29, 1.82) is 0 Å². The average molecular weight is 398 g/mol. The van der Waals surface area contributed by atoms with Crippen LogP contribution in [0, 0.1) is 0 Å². The summed E-state index contributed by atoms with van der Waals surface area (Å²) in [4.78, 5) is 22.3. The highest BCUT2D eigenvalue weighted by atomic mass is 32.1. The summed E-state index contributed by atoms with van der Waals surface area (Å²) in [5.41, 5.74) is 2.22. The number of carbonyl (C=O) groups excluding carboxylic acids is 1. The Morgan fingerprint density at radius 1 is 1.18 bits per heavy atom. The largest absolute Gasteiger partial charge is 0.431 e. The van der Waals surface area contributed by atoms with Crippen LogP contribution in [0.4, 0.5) is 0 Å². The maximum Gasteiger partial charge on any atom is 0.312 e. The molecule has 2 heterocycles. The molecule has 0 saturated carbocycles. The number of ether oxygens (including phenoxy) is 1. The second-order valence-corrected chi connectivity index (χ2v) is 7.94. The standard InChI is InChI=1S/C21H23N3O3S/c1-23(26-15-25)17-10-12-24(13-11-17)14-16-6-8-18(9-7-16)27-21-22-19-4-2-3-5-20(19)28-21/h2-9,15,17H,10-14H2,1H3. The van der Waals surface area contributed by atoms with Gasteiger partial charge in [0.15, 0.2) is 0 Å². The third-order valence-corrected chi connectivity index (χ3v) is 6.00. The lowest BCUT2D eigenvalue weighted by Gasteiger charge is -2.35. The predicted molar refractivity (Wildman–Crippen MR) is 109 cm³/mol. The van der Waals surface area contributed by atoms with Crippen molar-refractivity contribution in [3.63, 3.8) is 0 Å². The molecule has 1 saturated heterocycles. The molecule has 3 aromatic rings. The molecule has 2 aromatic carbocycles. The van der Waals surface area contributed by atoms with Gasteiger partial charge in [-0.3, -0.25) is 9.69 Å². The fraction of sp³-hybridized carbons (Fsp3) is 0.333. The summed E-state index contributed by atoms with van der Waals surface area (Å²) in [6.07, 6.45) is 1.98. The molecule has 0 radical (unpaired) electrons. The highest BCUT2D eigenvalue weighted by molar-refractivity contribution is 7.20. The van der Waals surface area contributed by atoms with Crippen molar-refractivity contribution >= 4 is 28.0 Å². The van der Waals surface area contributed by atoms with Crippen LogP contribution in [0.3, 0.4) is 0 Å². The lowest BCUT2D eigenvalue weighted by molar-refractivity contribution is -0.181. The normalized spacial score (nSPS) is 15.8. The van der Waals surface area contributed by atoms with E-state index < -0.39 is 0 Å². The Labute approximate surface area is 168 Å². The molecule has 0 N–H and O–H groups in total. The Kier molecular flexibility index (Phi) is 5.85. The SMILES string of the molecule is CN(OC=O)C1CCN(Cc2ccc(Oc3nc4ccccc4s3)cc2)CC1. The van der Waals surface area contributed by atoms with E-state index in [1.807, 2.05) is 37.4 Å². The Morgan fingerprint density at radius 2 is 1.93 bits per heavy atom. The van der Waals surface area contributed by atoms with Gasteiger partial charge in [0, 0.05) is 32.7 Å². The third-order valence-electron chi connectivity index (χ3n) is 5.09. The van der Waals surface area contributed by atoms with Crippen molar-refractivity contribution in [3.05, 3.63) is 54.1 Å². The molecule has 146 valence electrons. The van der Waals surface area contributed by atoms with E-state index >= 15 is 0 Å². The number of carbonyl (C=O) groups is 1. The first-order valence-corrected chi connectivity index (χ1v) is 10.2. The van der Waals surface area contributed by atoms with Crippen LogP contribution in [0.5, 0.6) is 10.9 Å². The van der Waals surface area contributed by atoms with Gasteiger partial charge in [0.1, 0.15) is 5.75 Å². The van der Waals surface area contributed by atoms with E-state index in [0.29, 0.717) is 17.7 Å².